The number of hydrogen-bond donors (Lipinski definition) is 2. The lowest BCUT2D eigenvalue weighted by Crippen LogP contribution is -2.63. The molecule has 0 aliphatic carbocycles. The van der Waals surface area contributed by atoms with Gasteiger partial charge in [0.1, 0.15) is 0 Å². The first kappa shape index (κ1) is 17.1. The van der Waals surface area contributed by atoms with Gasteiger partial charge in [-0.25, -0.2) is 4.98 Å². The van der Waals surface area contributed by atoms with Gasteiger partial charge in [0, 0.05) is 49.9 Å². The molecule has 4 rings (SSSR count). The van der Waals surface area contributed by atoms with Crippen molar-refractivity contribution in [2.24, 2.45) is 0 Å². The molecule has 2 aliphatic heterocycles. The van der Waals surface area contributed by atoms with E-state index in [-0.39, 0.29) is 10.8 Å². The molecule has 1 amide bonds. The number of nitrogens with zero attached hydrogens (tertiary/aromatic N) is 3. The highest BCUT2D eigenvalue weighted by Crippen LogP contribution is 2.32. The summed E-state index contributed by atoms with van der Waals surface area (Å²) in [5.74, 6) is 0.222. The topological polar surface area (TPSA) is 110 Å². The quantitative estimate of drug-likeness (QED) is 0.724. The zero-order valence-electron chi connectivity index (χ0n) is 14.1. The lowest BCUT2D eigenvalue weighted by atomic mass is 9.89. The second-order valence-corrected chi connectivity index (χ2v) is 8.31. The second kappa shape index (κ2) is 6.42. The average molecular weight is 373 g/mol. The van der Waals surface area contributed by atoms with Crippen molar-refractivity contribution in [3.63, 3.8) is 0 Å². The monoisotopic (exact) mass is 373 g/mol. The first-order chi connectivity index (χ1) is 12.5. The van der Waals surface area contributed by atoms with E-state index >= 15 is 0 Å². The fourth-order valence-corrected chi connectivity index (χ4v) is 5.13. The summed E-state index contributed by atoms with van der Waals surface area (Å²) in [5.41, 5.74) is -0.216. The Morgan fingerprint density at radius 3 is 2.88 bits per heavy atom. The molecule has 8 nitrogen and oxygen atoms in total. The number of hydrogen-bond acceptors (Lipinski definition) is 6. The minimum Gasteiger partial charge on any atom is -0.593 e. The van der Waals surface area contributed by atoms with Gasteiger partial charge in [-0.15, -0.1) is 4.72 Å². The molecule has 2 atom stereocenters. The Morgan fingerprint density at radius 1 is 1.27 bits per heavy atom. The zero-order chi connectivity index (χ0) is 18.2. The van der Waals surface area contributed by atoms with E-state index in [2.05, 4.69) is 20.0 Å². The van der Waals surface area contributed by atoms with Crippen molar-refractivity contribution in [3.8, 4) is 0 Å². The van der Waals surface area contributed by atoms with E-state index in [4.69, 9.17) is 0 Å². The highest BCUT2D eigenvalue weighted by molar-refractivity contribution is 7.96. The second-order valence-electron chi connectivity index (χ2n) is 6.66. The minimum atomic E-state index is -3.72. The summed E-state index contributed by atoms with van der Waals surface area (Å²) in [6.45, 7) is 1.26. The van der Waals surface area contributed by atoms with Gasteiger partial charge < -0.3 is 14.8 Å². The smallest absolute Gasteiger partial charge is 0.254 e. The summed E-state index contributed by atoms with van der Waals surface area (Å²) < 4.78 is 28.4. The maximum atomic E-state index is 12.8. The summed E-state index contributed by atoms with van der Waals surface area (Å²) in [7, 11) is -3.72. The van der Waals surface area contributed by atoms with E-state index in [9.17, 15) is 13.6 Å². The number of aromatic nitrogens is 2. The number of nitrogens with one attached hydrogen (secondary N) is 2. The minimum absolute atomic E-state index is 0.120. The first-order valence-electron chi connectivity index (χ1n) is 8.41. The molecular weight excluding hydrogens is 354 g/mol. The molecule has 1 fully saturated rings. The van der Waals surface area contributed by atoms with Crippen molar-refractivity contribution in [1.82, 2.24) is 19.6 Å². The summed E-state index contributed by atoms with van der Waals surface area (Å²) in [4.78, 5) is 22.7. The van der Waals surface area contributed by atoms with Crippen LogP contribution in [0.25, 0.3) is 0 Å². The SMILES string of the molecule is O=C(c1ccncc1)N1CCCC2(CNc3ncccc3[S+](=O)([O-])N2)C1. The molecular formula is C17H19N5O3S. The third kappa shape index (κ3) is 3.09. The highest BCUT2D eigenvalue weighted by atomic mass is 32.3. The van der Waals surface area contributed by atoms with Crippen LogP contribution < -0.4 is 10.0 Å². The molecule has 0 saturated carbocycles. The van der Waals surface area contributed by atoms with Crippen LogP contribution >= 0.6 is 0 Å². The van der Waals surface area contributed by atoms with Gasteiger partial charge in [-0.2, -0.15) is 0 Å². The molecule has 136 valence electrons. The van der Waals surface area contributed by atoms with E-state index in [0.717, 1.165) is 0 Å². The van der Waals surface area contributed by atoms with E-state index < -0.39 is 15.9 Å². The summed E-state index contributed by atoms with van der Waals surface area (Å²) in [6.07, 6.45) is 6.06. The molecule has 0 radical (unpaired) electrons. The number of fused-ring (bicyclic) bond motifs is 1. The maximum Gasteiger partial charge on any atom is 0.254 e. The molecule has 2 N–H and O–H groups in total. The summed E-state index contributed by atoms with van der Waals surface area (Å²) in [5, 5.41) is 3.14. The van der Waals surface area contributed by atoms with E-state index in [1.54, 1.807) is 41.7 Å². The van der Waals surface area contributed by atoms with Crippen molar-refractivity contribution >= 4 is 22.1 Å². The number of rotatable bonds is 1. The number of piperidine rings is 1. The third-order valence-electron chi connectivity index (χ3n) is 4.80. The molecule has 4 heterocycles. The Labute approximate surface area is 152 Å². The standard InChI is InChI=1S/C17H19N5O3S/c23-16(13-4-8-18-9-5-13)22-10-2-6-17(12-22)11-20-15-14(3-1-7-19-15)26(24,25)21-17/h1,3-5,7-9H,2,6,10-12H2,(H2-,19,20,21,24,25). The number of amides is 1. The highest BCUT2D eigenvalue weighted by Gasteiger charge is 2.46. The molecule has 2 aromatic rings. The molecule has 26 heavy (non-hydrogen) atoms. The number of sulfonamides is 1. The van der Waals surface area contributed by atoms with Crippen molar-refractivity contribution in [3.05, 3.63) is 48.4 Å². The molecule has 0 aromatic carbocycles. The van der Waals surface area contributed by atoms with Crippen LogP contribution in [0.3, 0.4) is 0 Å². The van der Waals surface area contributed by atoms with Gasteiger partial charge in [-0.1, -0.05) is 4.21 Å². The molecule has 1 saturated heterocycles. The maximum absolute atomic E-state index is 12.8. The van der Waals surface area contributed by atoms with Crippen LogP contribution in [0.1, 0.15) is 23.2 Å². The predicted molar refractivity (Wildman–Crippen MR) is 95.1 cm³/mol. The van der Waals surface area contributed by atoms with Gasteiger partial charge in [0.2, 0.25) is 4.90 Å². The van der Waals surface area contributed by atoms with Crippen LogP contribution in [0.5, 0.6) is 0 Å². The van der Waals surface area contributed by atoms with Crippen molar-refractivity contribution in [2.45, 2.75) is 23.3 Å². The lowest BCUT2D eigenvalue weighted by Gasteiger charge is -2.42. The van der Waals surface area contributed by atoms with E-state index in [0.29, 0.717) is 43.9 Å². The van der Waals surface area contributed by atoms with Crippen molar-refractivity contribution in [2.75, 3.05) is 25.0 Å². The normalized spacial score (nSPS) is 28.1. The first-order valence-corrected chi connectivity index (χ1v) is 9.90. The Hall–Kier alpha value is -2.36. The van der Waals surface area contributed by atoms with Crippen LogP contribution in [-0.2, 0) is 14.6 Å². The molecule has 0 bridgehead atoms. The fourth-order valence-electron chi connectivity index (χ4n) is 3.58. The number of carbonyl (C=O) groups excluding carboxylic acids is 1. The van der Waals surface area contributed by atoms with Crippen LogP contribution in [0.15, 0.2) is 47.8 Å². The number of carbonyl (C=O) groups is 1. The largest absolute Gasteiger partial charge is 0.593 e. The number of pyridine rings is 2. The van der Waals surface area contributed by atoms with Gasteiger partial charge in [0.15, 0.2) is 16.2 Å². The van der Waals surface area contributed by atoms with Crippen LogP contribution in [-0.4, -0.2) is 50.5 Å². The molecule has 2 aromatic heterocycles. The van der Waals surface area contributed by atoms with Gasteiger partial charge in [-0.3, -0.25) is 9.78 Å². The van der Waals surface area contributed by atoms with Crippen LogP contribution in [0.2, 0.25) is 0 Å². The summed E-state index contributed by atoms with van der Waals surface area (Å²) in [6, 6.07) is 6.45. The van der Waals surface area contributed by atoms with E-state index in [1.165, 1.54) is 6.07 Å². The van der Waals surface area contributed by atoms with Crippen molar-refractivity contribution in [1.29, 1.82) is 0 Å². The summed E-state index contributed by atoms with van der Waals surface area (Å²) >= 11 is 0. The number of anilines is 1. The Morgan fingerprint density at radius 2 is 2.08 bits per heavy atom. The van der Waals surface area contributed by atoms with Crippen LogP contribution in [0.4, 0.5) is 5.82 Å². The Balaban J connectivity index is 1.61. The van der Waals surface area contributed by atoms with Gasteiger partial charge in [0.25, 0.3) is 5.91 Å². The van der Waals surface area contributed by atoms with E-state index in [1.807, 2.05) is 0 Å². The Bertz CT molecular complexity index is 878. The molecule has 1 spiro atoms. The van der Waals surface area contributed by atoms with Gasteiger partial charge >= 0.3 is 0 Å². The molecule has 9 heteroatoms. The number of likely N-dealkylation sites (tertiary alicyclic amines) is 1. The fraction of sp³-hybridized carbons (Fsp3) is 0.353. The third-order valence-corrected chi connectivity index (χ3v) is 6.41. The zero-order valence-corrected chi connectivity index (χ0v) is 14.9. The van der Waals surface area contributed by atoms with Gasteiger partial charge in [-0.05, 0) is 31.0 Å². The molecule has 2 aliphatic rings. The average Bonchev–Trinajstić information content (AvgIpc) is 2.76. The predicted octanol–water partition coefficient (Wildman–Crippen LogP) is 1.07. The lowest BCUT2D eigenvalue weighted by molar-refractivity contribution is 0.0636. The van der Waals surface area contributed by atoms with Crippen molar-refractivity contribution < 1.29 is 13.6 Å². The van der Waals surface area contributed by atoms with Gasteiger partial charge in [0.05, 0.1) is 5.54 Å². The molecule has 2 unspecified atom stereocenters. The van der Waals surface area contributed by atoms with Crippen LogP contribution in [0, 0.1) is 0 Å². The Kier molecular flexibility index (Phi) is 4.22.